The first kappa shape index (κ1) is 14.0. The zero-order valence-electron chi connectivity index (χ0n) is 11.1. The van der Waals surface area contributed by atoms with Gasteiger partial charge in [0, 0.05) is 13.1 Å². The molecule has 0 N–H and O–H groups in total. The summed E-state index contributed by atoms with van der Waals surface area (Å²) in [5, 5.41) is 8.66. The Morgan fingerprint density at radius 1 is 1.26 bits per heavy atom. The molecule has 0 fully saturated rings. The highest BCUT2D eigenvalue weighted by atomic mass is 32.2. The second kappa shape index (κ2) is 5.66. The van der Waals surface area contributed by atoms with Gasteiger partial charge in [0.2, 0.25) is 15.4 Å². The van der Waals surface area contributed by atoms with E-state index in [0.717, 1.165) is 5.69 Å². The van der Waals surface area contributed by atoms with Gasteiger partial charge in [-0.3, -0.25) is 0 Å². The standard InChI is InChI=1S/C12H18N4O2S/c1-3-15(4-2)19(17,18)12-10-16(14-13-12)11-8-6-5-7-9-11/h5-9,12H,3-4,10H2,1-2H3. The second-order valence-corrected chi connectivity index (χ2v) is 6.30. The third-order valence-corrected chi connectivity index (χ3v) is 5.25. The SMILES string of the molecule is CCN(CC)S(=O)(=O)C1CN(c2ccccc2)N=N1. The average molecular weight is 282 g/mol. The number of anilines is 1. The van der Waals surface area contributed by atoms with E-state index < -0.39 is 15.4 Å². The van der Waals surface area contributed by atoms with E-state index in [4.69, 9.17) is 0 Å². The van der Waals surface area contributed by atoms with Gasteiger partial charge in [0.25, 0.3) is 0 Å². The minimum Gasteiger partial charge on any atom is -0.244 e. The molecule has 6 nitrogen and oxygen atoms in total. The van der Waals surface area contributed by atoms with Crippen LogP contribution in [-0.4, -0.2) is 37.7 Å². The zero-order valence-corrected chi connectivity index (χ0v) is 11.9. The number of sulfonamides is 1. The van der Waals surface area contributed by atoms with Crippen LogP contribution in [-0.2, 0) is 10.0 Å². The first-order chi connectivity index (χ1) is 9.09. The highest BCUT2D eigenvalue weighted by molar-refractivity contribution is 7.89. The van der Waals surface area contributed by atoms with Gasteiger partial charge in [0.05, 0.1) is 12.2 Å². The number of rotatable bonds is 5. The Labute approximate surface area is 113 Å². The Balaban J connectivity index is 2.14. The van der Waals surface area contributed by atoms with Crippen molar-refractivity contribution in [2.45, 2.75) is 19.2 Å². The van der Waals surface area contributed by atoms with Gasteiger partial charge in [0.1, 0.15) is 0 Å². The van der Waals surface area contributed by atoms with E-state index in [1.807, 2.05) is 44.2 Å². The molecule has 0 aliphatic carbocycles. The van der Waals surface area contributed by atoms with E-state index in [1.165, 1.54) is 4.31 Å². The molecular weight excluding hydrogens is 264 g/mol. The molecular formula is C12H18N4O2S. The Morgan fingerprint density at radius 2 is 1.89 bits per heavy atom. The van der Waals surface area contributed by atoms with Crippen molar-refractivity contribution in [2.24, 2.45) is 10.3 Å². The maximum atomic E-state index is 12.3. The fourth-order valence-corrected chi connectivity index (χ4v) is 3.56. The van der Waals surface area contributed by atoms with E-state index in [2.05, 4.69) is 10.3 Å². The molecule has 2 rings (SSSR count). The number of hydrogen-bond acceptors (Lipinski definition) is 5. The summed E-state index contributed by atoms with van der Waals surface area (Å²) in [6.45, 7) is 4.82. The van der Waals surface area contributed by atoms with Crippen LogP contribution in [0.4, 0.5) is 5.69 Å². The normalized spacial score (nSPS) is 19.3. The van der Waals surface area contributed by atoms with Crippen LogP contribution in [0.15, 0.2) is 40.7 Å². The van der Waals surface area contributed by atoms with Crippen LogP contribution in [0, 0.1) is 0 Å². The molecule has 0 aromatic heterocycles. The highest BCUT2D eigenvalue weighted by Crippen LogP contribution is 2.23. The van der Waals surface area contributed by atoms with Gasteiger partial charge in [-0.25, -0.2) is 17.7 Å². The van der Waals surface area contributed by atoms with Gasteiger partial charge in [-0.1, -0.05) is 37.3 Å². The fourth-order valence-electron chi connectivity index (χ4n) is 2.01. The van der Waals surface area contributed by atoms with Crippen molar-refractivity contribution >= 4 is 15.7 Å². The molecule has 1 aliphatic rings. The first-order valence-electron chi connectivity index (χ1n) is 6.32. The van der Waals surface area contributed by atoms with E-state index in [0.29, 0.717) is 13.1 Å². The summed E-state index contributed by atoms with van der Waals surface area (Å²) in [6.07, 6.45) is 0. The highest BCUT2D eigenvalue weighted by Gasteiger charge is 2.35. The lowest BCUT2D eigenvalue weighted by Gasteiger charge is -2.21. The van der Waals surface area contributed by atoms with Crippen LogP contribution in [0.1, 0.15) is 13.8 Å². The summed E-state index contributed by atoms with van der Waals surface area (Å²) in [4.78, 5) is 0. The number of benzene rings is 1. The molecule has 104 valence electrons. The molecule has 1 heterocycles. The third-order valence-electron chi connectivity index (χ3n) is 3.08. The monoisotopic (exact) mass is 282 g/mol. The van der Waals surface area contributed by atoms with Crippen molar-refractivity contribution in [1.29, 1.82) is 0 Å². The predicted molar refractivity (Wildman–Crippen MR) is 74.3 cm³/mol. The van der Waals surface area contributed by atoms with Crippen molar-refractivity contribution in [2.75, 3.05) is 24.6 Å². The smallest absolute Gasteiger partial charge is 0.241 e. The van der Waals surface area contributed by atoms with Crippen molar-refractivity contribution in [3.8, 4) is 0 Å². The largest absolute Gasteiger partial charge is 0.244 e. The molecule has 1 aromatic carbocycles. The maximum absolute atomic E-state index is 12.3. The van der Waals surface area contributed by atoms with Crippen LogP contribution >= 0.6 is 0 Å². The lowest BCUT2D eigenvalue weighted by molar-refractivity contribution is 0.437. The minimum atomic E-state index is -3.41. The first-order valence-corrected chi connectivity index (χ1v) is 7.82. The molecule has 1 aliphatic heterocycles. The summed E-state index contributed by atoms with van der Waals surface area (Å²) in [5.74, 6) is 0. The molecule has 0 amide bonds. The zero-order chi connectivity index (χ0) is 13.9. The lowest BCUT2D eigenvalue weighted by Crippen LogP contribution is -2.40. The summed E-state index contributed by atoms with van der Waals surface area (Å²) in [5.41, 5.74) is 0.850. The van der Waals surface area contributed by atoms with E-state index in [-0.39, 0.29) is 6.54 Å². The number of hydrogen-bond donors (Lipinski definition) is 0. The van der Waals surface area contributed by atoms with Gasteiger partial charge >= 0.3 is 0 Å². The molecule has 0 radical (unpaired) electrons. The molecule has 19 heavy (non-hydrogen) atoms. The number of para-hydroxylation sites is 1. The van der Waals surface area contributed by atoms with Crippen molar-refractivity contribution in [1.82, 2.24) is 4.31 Å². The van der Waals surface area contributed by atoms with Gasteiger partial charge in [-0.15, -0.1) is 5.11 Å². The van der Waals surface area contributed by atoms with Crippen LogP contribution in [0.5, 0.6) is 0 Å². The van der Waals surface area contributed by atoms with Crippen LogP contribution in [0.3, 0.4) is 0 Å². The molecule has 0 spiro atoms. The minimum absolute atomic E-state index is 0.267. The number of nitrogens with zero attached hydrogens (tertiary/aromatic N) is 4. The summed E-state index contributed by atoms with van der Waals surface area (Å²) < 4.78 is 26.1. The van der Waals surface area contributed by atoms with Gasteiger partial charge in [0.15, 0.2) is 0 Å². The predicted octanol–water partition coefficient (Wildman–Crippen LogP) is 1.87. The second-order valence-electron chi connectivity index (χ2n) is 4.21. The molecule has 0 saturated heterocycles. The van der Waals surface area contributed by atoms with Crippen molar-refractivity contribution in [3.05, 3.63) is 30.3 Å². The van der Waals surface area contributed by atoms with Gasteiger partial charge in [-0.2, -0.15) is 0 Å². The molecule has 1 aromatic rings. The van der Waals surface area contributed by atoms with Crippen LogP contribution in [0.2, 0.25) is 0 Å². The molecule has 7 heteroatoms. The molecule has 1 unspecified atom stereocenters. The quantitative estimate of drug-likeness (QED) is 0.828. The summed E-state index contributed by atoms with van der Waals surface area (Å²) >= 11 is 0. The summed E-state index contributed by atoms with van der Waals surface area (Å²) in [6, 6.07) is 9.44. The van der Waals surface area contributed by atoms with Gasteiger partial charge in [-0.05, 0) is 12.1 Å². The van der Waals surface area contributed by atoms with Gasteiger partial charge < -0.3 is 0 Å². The topological polar surface area (TPSA) is 65.3 Å². The Bertz CT molecular complexity index is 540. The van der Waals surface area contributed by atoms with Crippen LogP contribution in [0.25, 0.3) is 0 Å². The maximum Gasteiger partial charge on any atom is 0.241 e. The van der Waals surface area contributed by atoms with Crippen LogP contribution < -0.4 is 5.01 Å². The van der Waals surface area contributed by atoms with Crippen molar-refractivity contribution in [3.63, 3.8) is 0 Å². The lowest BCUT2D eigenvalue weighted by atomic mass is 10.3. The Hall–Kier alpha value is -1.47. The average Bonchev–Trinajstić information content (AvgIpc) is 2.91. The Morgan fingerprint density at radius 3 is 2.47 bits per heavy atom. The summed E-state index contributed by atoms with van der Waals surface area (Å²) in [7, 11) is -3.41. The molecule has 1 atom stereocenters. The fraction of sp³-hybridized carbons (Fsp3) is 0.500. The van der Waals surface area contributed by atoms with E-state index in [1.54, 1.807) is 5.01 Å². The van der Waals surface area contributed by atoms with E-state index in [9.17, 15) is 8.42 Å². The molecule has 0 saturated carbocycles. The Kier molecular flexibility index (Phi) is 4.16. The molecule has 0 bridgehead atoms. The third kappa shape index (κ3) is 2.76. The van der Waals surface area contributed by atoms with Crippen molar-refractivity contribution < 1.29 is 8.42 Å². The van der Waals surface area contributed by atoms with E-state index >= 15 is 0 Å².